The van der Waals surface area contributed by atoms with Crippen molar-refractivity contribution in [1.29, 1.82) is 0 Å². The number of hydrogen-bond acceptors (Lipinski definition) is 2. The second-order valence-corrected chi connectivity index (χ2v) is 5.83. The van der Waals surface area contributed by atoms with Gasteiger partial charge in [0.15, 0.2) is 0 Å². The molecule has 2 fully saturated rings. The first kappa shape index (κ1) is 11.2. The van der Waals surface area contributed by atoms with Crippen molar-refractivity contribution in [1.82, 2.24) is 0 Å². The largest absolute Gasteiger partial charge is 0.396 e. The third-order valence-electron chi connectivity index (χ3n) is 4.04. The Morgan fingerprint density at radius 3 is 2.47 bits per heavy atom. The van der Waals surface area contributed by atoms with Gasteiger partial charge >= 0.3 is 0 Å². The summed E-state index contributed by atoms with van der Waals surface area (Å²) in [5, 5.41) is 4.13. The third-order valence-corrected chi connectivity index (χ3v) is 4.37. The zero-order valence-electron chi connectivity index (χ0n) is 9.95. The molecule has 0 aromatic heterocycles. The number of nitrogens with two attached hydrogens (primary N) is 1. The summed E-state index contributed by atoms with van der Waals surface area (Å²) in [6.07, 6.45) is 5.70. The van der Waals surface area contributed by atoms with E-state index >= 15 is 0 Å². The highest BCUT2D eigenvalue weighted by Gasteiger charge is 2.40. The molecule has 0 saturated heterocycles. The Labute approximate surface area is 108 Å². The highest BCUT2D eigenvalue weighted by Crippen LogP contribution is 2.49. The van der Waals surface area contributed by atoms with Crippen LogP contribution >= 0.6 is 11.6 Å². The molecule has 2 nitrogen and oxygen atoms in total. The van der Waals surface area contributed by atoms with E-state index in [0.717, 1.165) is 30.0 Å². The van der Waals surface area contributed by atoms with Gasteiger partial charge in [0.05, 0.1) is 16.4 Å². The predicted octanol–water partition coefficient (Wildman–Crippen LogP) is 3.77. The lowest BCUT2D eigenvalue weighted by atomic mass is 9.98. The van der Waals surface area contributed by atoms with Gasteiger partial charge in [0.25, 0.3) is 0 Å². The van der Waals surface area contributed by atoms with E-state index in [-0.39, 0.29) is 0 Å². The molecule has 0 radical (unpaired) electrons. The normalized spacial score (nSPS) is 19.6. The Kier molecular flexibility index (Phi) is 2.91. The first-order valence-corrected chi connectivity index (χ1v) is 6.91. The number of nitrogen functional groups attached to an aromatic ring is 1. The van der Waals surface area contributed by atoms with Crippen molar-refractivity contribution >= 4 is 23.0 Å². The lowest BCUT2D eigenvalue weighted by Crippen LogP contribution is -2.18. The first-order chi connectivity index (χ1) is 8.25. The van der Waals surface area contributed by atoms with Gasteiger partial charge in [-0.3, -0.25) is 0 Å². The van der Waals surface area contributed by atoms with Gasteiger partial charge in [-0.05, 0) is 55.6 Å². The molecule has 3 rings (SSSR count). The molecular formula is C14H19ClN2. The molecule has 17 heavy (non-hydrogen) atoms. The van der Waals surface area contributed by atoms with Crippen LogP contribution in [-0.2, 0) is 0 Å². The average Bonchev–Trinajstić information content (AvgIpc) is 3.14. The summed E-state index contributed by atoms with van der Waals surface area (Å²) in [5.74, 6) is 2.79. The van der Waals surface area contributed by atoms with Crippen LogP contribution in [0.5, 0.6) is 0 Å². The fourth-order valence-corrected chi connectivity index (χ4v) is 2.86. The summed E-state index contributed by atoms with van der Waals surface area (Å²) in [6, 6.07) is 5.80. The SMILES string of the molecule is Nc1c(Cl)cccc1NCC(C1CC1)C1CC1. The number of rotatable bonds is 5. The fraction of sp³-hybridized carbons (Fsp3) is 0.571. The Morgan fingerprint density at radius 2 is 1.88 bits per heavy atom. The van der Waals surface area contributed by atoms with Crippen molar-refractivity contribution in [3.63, 3.8) is 0 Å². The number of para-hydroxylation sites is 1. The molecule has 3 heteroatoms. The molecule has 0 unspecified atom stereocenters. The summed E-state index contributed by atoms with van der Waals surface area (Å²) in [5.41, 5.74) is 7.63. The van der Waals surface area contributed by atoms with E-state index in [1.807, 2.05) is 18.2 Å². The summed E-state index contributed by atoms with van der Waals surface area (Å²) < 4.78 is 0. The first-order valence-electron chi connectivity index (χ1n) is 6.53. The molecule has 0 spiro atoms. The molecule has 2 aliphatic carbocycles. The Balaban J connectivity index is 1.64. The van der Waals surface area contributed by atoms with Crippen molar-refractivity contribution in [2.75, 3.05) is 17.6 Å². The van der Waals surface area contributed by atoms with Crippen LogP contribution in [0.15, 0.2) is 18.2 Å². The van der Waals surface area contributed by atoms with E-state index in [2.05, 4.69) is 5.32 Å². The molecule has 3 N–H and O–H groups in total. The van der Waals surface area contributed by atoms with Crippen molar-refractivity contribution < 1.29 is 0 Å². The van der Waals surface area contributed by atoms with E-state index in [1.165, 1.54) is 25.7 Å². The van der Waals surface area contributed by atoms with Crippen molar-refractivity contribution in [3.05, 3.63) is 23.2 Å². The average molecular weight is 251 g/mol. The van der Waals surface area contributed by atoms with Crippen LogP contribution in [0.2, 0.25) is 5.02 Å². The zero-order valence-corrected chi connectivity index (χ0v) is 10.7. The monoisotopic (exact) mass is 250 g/mol. The van der Waals surface area contributed by atoms with Crippen LogP contribution in [-0.4, -0.2) is 6.54 Å². The second-order valence-electron chi connectivity index (χ2n) is 5.42. The number of nitrogens with one attached hydrogen (secondary N) is 1. The molecule has 1 aromatic carbocycles. The van der Waals surface area contributed by atoms with Crippen LogP contribution in [0.25, 0.3) is 0 Å². The fourth-order valence-electron chi connectivity index (χ4n) is 2.69. The third kappa shape index (κ3) is 2.52. The standard InChI is InChI=1S/C14H19ClN2/c15-12-2-1-3-13(14(12)16)17-8-11(9-4-5-9)10-6-7-10/h1-3,9-11,17H,4-8,16H2. The van der Waals surface area contributed by atoms with Gasteiger partial charge in [0, 0.05) is 6.54 Å². The van der Waals surface area contributed by atoms with Gasteiger partial charge < -0.3 is 11.1 Å². The highest BCUT2D eigenvalue weighted by atomic mass is 35.5. The van der Waals surface area contributed by atoms with Crippen LogP contribution in [0, 0.1) is 17.8 Å². The molecular weight excluding hydrogens is 232 g/mol. The van der Waals surface area contributed by atoms with Gasteiger partial charge in [-0.15, -0.1) is 0 Å². The molecule has 0 heterocycles. The van der Waals surface area contributed by atoms with Crippen molar-refractivity contribution in [3.8, 4) is 0 Å². The molecule has 92 valence electrons. The van der Waals surface area contributed by atoms with Crippen molar-refractivity contribution in [2.24, 2.45) is 17.8 Å². The quantitative estimate of drug-likeness (QED) is 0.781. The minimum absolute atomic E-state index is 0.643. The smallest absolute Gasteiger partial charge is 0.0739 e. The van der Waals surface area contributed by atoms with Crippen molar-refractivity contribution in [2.45, 2.75) is 25.7 Å². The van der Waals surface area contributed by atoms with Gasteiger partial charge in [-0.1, -0.05) is 17.7 Å². The van der Waals surface area contributed by atoms with Crippen LogP contribution in [0.4, 0.5) is 11.4 Å². The summed E-state index contributed by atoms with van der Waals surface area (Å²) in [4.78, 5) is 0. The molecule has 0 atom stereocenters. The number of benzene rings is 1. The second kappa shape index (κ2) is 4.41. The maximum absolute atomic E-state index is 6.01. The summed E-state index contributed by atoms with van der Waals surface area (Å²) in [6.45, 7) is 1.06. The highest BCUT2D eigenvalue weighted by molar-refractivity contribution is 6.33. The van der Waals surface area contributed by atoms with Gasteiger partial charge in [0.1, 0.15) is 0 Å². The van der Waals surface area contributed by atoms with Crippen LogP contribution in [0.1, 0.15) is 25.7 Å². The lowest BCUT2D eigenvalue weighted by molar-refractivity contribution is 0.428. The minimum Gasteiger partial charge on any atom is -0.396 e. The number of anilines is 2. The minimum atomic E-state index is 0.643. The predicted molar refractivity (Wildman–Crippen MR) is 73.3 cm³/mol. The van der Waals surface area contributed by atoms with Gasteiger partial charge in [0.2, 0.25) is 0 Å². The van der Waals surface area contributed by atoms with E-state index in [4.69, 9.17) is 17.3 Å². The van der Waals surface area contributed by atoms with E-state index in [0.29, 0.717) is 10.7 Å². The molecule has 2 aliphatic rings. The topological polar surface area (TPSA) is 38.0 Å². The van der Waals surface area contributed by atoms with E-state index < -0.39 is 0 Å². The van der Waals surface area contributed by atoms with Gasteiger partial charge in [-0.25, -0.2) is 0 Å². The zero-order chi connectivity index (χ0) is 11.8. The lowest BCUT2D eigenvalue weighted by Gasteiger charge is -2.18. The summed E-state index contributed by atoms with van der Waals surface area (Å²) >= 11 is 6.01. The molecule has 0 amide bonds. The maximum Gasteiger partial charge on any atom is 0.0739 e. The van der Waals surface area contributed by atoms with Gasteiger partial charge in [-0.2, -0.15) is 0 Å². The van der Waals surface area contributed by atoms with E-state index in [9.17, 15) is 0 Å². The van der Waals surface area contributed by atoms with Crippen LogP contribution < -0.4 is 11.1 Å². The maximum atomic E-state index is 6.01. The number of hydrogen-bond donors (Lipinski definition) is 2. The molecule has 0 bridgehead atoms. The summed E-state index contributed by atoms with van der Waals surface area (Å²) in [7, 11) is 0. The Morgan fingerprint density at radius 1 is 1.24 bits per heavy atom. The Hall–Kier alpha value is -0.890. The van der Waals surface area contributed by atoms with Crippen LogP contribution in [0.3, 0.4) is 0 Å². The Bertz CT molecular complexity index is 399. The molecule has 1 aromatic rings. The molecule has 2 saturated carbocycles. The molecule has 0 aliphatic heterocycles. The van der Waals surface area contributed by atoms with E-state index in [1.54, 1.807) is 0 Å². The number of halogens is 1.